The third-order valence-corrected chi connectivity index (χ3v) is 2.53. The smallest absolute Gasteiger partial charge is 0.238 e. The number of hydrogen-bond donors (Lipinski definition) is 3. The molecular weight excluding hydrogens is 262 g/mol. The highest BCUT2D eigenvalue weighted by atomic mass is 16.5. The minimum Gasteiger partial charge on any atom is -0.497 e. The molecule has 0 fully saturated rings. The van der Waals surface area contributed by atoms with E-state index >= 15 is 0 Å². The van der Waals surface area contributed by atoms with Crippen molar-refractivity contribution in [2.75, 3.05) is 39.7 Å². The van der Waals surface area contributed by atoms with Crippen LogP contribution >= 0.6 is 0 Å². The Labute approximate surface area is 117 Å². The fourth-order valence-electron chi connectivity index (χ4n) is 1.48. The second-order valence-electron chi connectivity index (χ2n) is 3.89. The van der Waals surface area contributed by atoms with Gasteiger partial charge in [-0.3, -0.25) is 14.9 Å². The average molecular weight is 281 g/mol. The van der Waals surface area contributed by atoms with Gasteiger partial charge in [-0.25, -0.2) is 0 Å². The van der Waals surface area contributed by atoms with Gasteiger partial charge in [0.05, 0.1) is 33.0 Å². The van der Waals surface area contributed by atoms with E-state index in [0.717, 1.165) is 0 Å². The van der Waals surface area contributed by atoms with Crippen LogP contribution in [-0.2, 0) is 9.59 Å². The Morgan fingerprint density at radius 2 is 1.80 bits per heavy atom. The van der Waals surface area contributed by atoms with E-state index in [9.17, 15) is 9.59 Å². The van der Waals surface area contributed by atoms with Gasteiger partial charge < -0.3 is 20.1 Å². The van der Waals surface area contributed by atoms with Crippen LogP contribution in [0.4, 0.5) is 5.69 Å². The number of rotatable bonds is 7. The number of ether oxygens (including phenoxy) is 2. The van der Waals surface area contributed by atoms with Crippen molar-refractivity contribution in [3.8, 4) is 11.5 Å². The zero-order valence-electron chi connectivity index (χ0n) is 11.8. The Hall–Kier alpha value is -2.28. The van der Waals surface area contributed by atoms with Crippen LogP contribution in [0.25, 0.3) is 0 Å². The lowest BCUT2D eigenvalue weighted by molar-refractivity contribution is -0.119. The normalized spacial score (nSPS) is 9.75. The van der Waals surface area contributed by atoms with Crippen molar-refractivity contribution in [2.45, 2.75) is 0 Å². The van der Waals surface area contributed by atoms with Gasteiger partial charge in [0.2, 0.25) is 11.8 Å². The molecule has 0 saturated heterocycles. The number of nitrogens with one attached hydrogen (secondary N) is 3. The Balaban J connectivity index is 2.58. The highest BCUT2D eigenvalue weighted by molar-refractivity contribution is 5.94. The molecule has 1 aromatic carbocycles. The maximum Gasteiger partial charge on any atom is 0.238 e. The minimum absolute atomic E-state index is 0.0216. The number of benzene rings is 1. The average Bonchev–Trinajstić information content (AvgIpc) is 2.46. The van der Waals surface area contributed by atoms with E-state index in [1.807, 2.05) is 0 Å². The van der Waals surface area contributed by atoms with Gasteiger partial charge in [-0.1, -0.05) is 0 Å². The fraction of sp³-hybridized carbons (Fsp3) is 0.385. The molecule has 0 aromatic heterocycles. The lowest BCUT2D eigenvalue weighted by Crippen LogP contribution is -2.36. The third-order valence-electron chi connectivity index (χ3n) is 2.53. The number of carbonyl (C=O) groups excluding carboxylic acids is 2. The zero-order chi connectivity index (χ0) is 15.0. The molecule has 1 rings (SSSR count). The van der Waals surface area contributed by atoms with E-state index in [2.05, 4.69) is 16.0 Å². The first-order valence-electron chi connectivity index (χ1n) is 6.04. The standard InChI is InChI=1S/C13H19N3O4/c1-14-12(17)7-15-8-13(18)16-10-6-9(19-2)4-5-11(10)20-3/h4-6,15H,7-8H2,1-3H3,(H,14,17)(H,16,18). The lowest BCUT2D eigenvalue weighted by Gasteiger charge is -2.12. The monoisotopic (exact) mass is 281 g/mol. The van der Waals surface area contributed by atoms with Crippen LogP contribution in [0.2, 0.25) is 0 Å². The molecular formula is C13H19N3O4. The molecule has 0 radical (unpaired) electrons. The van der Waals surface area contributed by atoms with Crippen molar-refractivity contribution in [1.82, 2.24) is 10.6 Å². The van der Waals surface area contributed by atoms with E-state index in [-0.39, 0.29) is 24.9 Å². The lowest BCUT2D eigenvalue weighted by atomic mass is 10.2. The molecule has 0 heterocycles. The molecule has 0 aliphatic carbocycles. The third kappa shape index (κ3) is 4.77. The molecule has 2 amide bonds. The van der Waals surface area contributed by atoms with E-state index in [4.69, 9.17) is 9.47 Å². The van der Waals surface area contributed by atoms with Crippen LogP contribution in [0.1, 0.15) is 0 Å². The Morgan fingerprint density at radius 3 is 2.40 bits per heavy atom. The highest BCUT2D eigenvalue weighted by Crippen LogP contribution is 2.28. The van der Waals surface area contributed by atoms with Crippen molar-refractivity contribution in [1.29, 1.82) is 0 Å². The van der Waals surface area contributed by atoms with Gasteiger partial charge >= 0.3 is 0 Å². The molecule has 0 unspecified atom stereocenters. The molecule has 7 nitrogen and oxygen atoms in total. The van der Waals surface area contributed by atoms with Crippen LogP contribution in [-0.4, -0.2) is 46.2 Å². The molecule has 0 aliphatic rings. The highest BCUT2D eigenvalue weighted by Gasteiger charge is 2.09. The molecule has 7 heteroatoms. The predicted molar refractivity (Wildman–Crippen MR) is 75.1 cm³/mol. The first kappa shape index (κ1) is 15.8. The van der Waals surface area contributed by atoms with Crippen LogP contribution in [0.5, 0.6) is 11.5 Å². The van der Waals surface area contributed by atoms with E-state index in [1.54, 1.807) is 25.3 Å². The van der Waals surface area contributed by atoms with Crippen LogP contribution in [0.3, 0.4) is 0 Å². The van der Waals surface area contributed by atoms with Gasteiger partial charge in [-0.2, -0.15) is 0 Å². The van der Waals surface area contributed by atoms with Crippen LogP contribution in [0, 0.1) is 0 Å². The van der Waals surface area contributed by atoms with Crippen molar-refractivity contribution in [2.24, 2.45) is 0 Å². The van der Waals surface area contributed by atoms with Gasteiger partial charge in [0.15, 0.2) is 0 Å². The summed E-state index contributed by atoms with van der Waals surface area (Å²) in [7, 11) is 4.59. The van der Waals surface area contributed by atoms with Crippen molar-refractivity contribution >= 4 is 17.5 Å². The summed E-state index contributed by atoms with van der Waals surface area (Å²) in [5, 5.41) is 7.87. The maximum absolute atomic E-state index is 11.7. The number of amides is 2. The molecule has 0 bridgehead atoms. The van der Waals surface area contributed by atoms with Crippen molar-refractivity contribution in [3.63, 3.8) is 0 Å². The molecule has 0 saturated carbocycles. The van der Waals surface area contributed by atoms with Crippen molar-refractivity contribution in [3.05, 3.63) is 18.2 Å². The van der Waals surface area contributed by atoms with Gasteiger partial charge in [-0.05, 0) is 12.1 Å². The SMILES string of the molecule is CNC(=O)CNCC(=O)Nc1cc(OC)ccc1OC. The van der Waals surface area contributed by atoms with Gasteiger partial charge in [0, 0.05) is 13.1 Å². The number of methoxy groups -OCH3 is 2. The largest absolute Gasteiger partial charge is 0.497 e. The van der Waals surface area contributed by atoms with Gasteiger partial charge in [-0.15, -0.1) is 0 Å². The summed E-state index contributed by atoms with van der Waals surface area (Å²) in [5.41, 5.74) is 0.513. The molecule has 0 aliphatic heterocycles. The van der Waals surface area contributed by atoms with Gasteiger partial charge in [0.1, 0.15) is 11.5 Å². The molecule has 110 valence electrons. The minimum atomic E-state index is -0.277. The summed E-state index contributed by atoms with van der Waals surface area (Å²) in [4.78, 5) is 22.7. The van der Waals surface area contributed by atoms with Gasteiger partial charge in [0.25, 0.3) is 0 Å². The quantitative estimate of drug-likeness (QED) is 0.653. The molecule has 0 spiro atoms. The zero-order valence-corrected chi connectivity index (χ0v) is 11.8. The Kier molecular flexibility index (Phi) is 6.31. The first-order chi connectivity index (χ1) is 9.60. The fourth-order valence-corrected chi connectivity index (χ4v) is 1.48. The summed E-state index contributed by atoms with van der Waals surface area (Å²) >= 11 is 0. The number of hydrogen-bond acceptors (Lipinski definition) is 5. The van der Waals surface area contributed by atoms with E-state index in [1.165, 1.54) is 14.2 Å². The maximum atomic E-state index is 11.7. The summed E-state index contributed by atoms with van der Waals surface area (Å²) in [6, 6.07) is 5.10. The topological polar surface area (TPSA) is 88.7 Å². The van der Waals surface area contributed by atoms with Crippen molar-refractivity contribution < 1.29 is 19.1 Å². The summed E-state index contributed by atoms with van der Waals surface area (Å²) in [6.07, 6.45) is 0. The molecule has 0 atom stereocenters. The molecule has 3 N–H and O–H groups in total. The van der Waals surface area contributed by atoms with Crippen LogP contribution in [0.15, 0.2) is 18.2 Å². The number of likely N-dealkylation sites (N-methyl/N-ethyl adjacent to an activating group) is 1. The second kappa shape index (κ2) is 8.00. The first-order valence-corrected chi connectivity index (χ1v) is 6.04. The second-order valence-corrected chi connectivity index (χ2v) is 3.89. The summed E-state index contributed by atoms with van der Waals surface area (Å²) in [6.45, 7) is 0.104. The number of anilines is 1. The number of carbonyl (C=O) groups is 2. The predicted octanol–water partition coefficient (Wildman–Crippen LogP) is -0.0221. The van der Waals surface area contributed by atoms with E-state index < -0.39 is 0 Å². The summed E-state index contributed by atoms with van der Waals surface area (Å²) < 4.78 is 10.2. The molecule has 1 aromatic rings. The summed E-state index contributed by atoms with van der Waals surface area (Å²) in [5.74, 6) is 0.682. The van der Waals surface area contributed by atoms with E-state index in [0.29, 0.717) is 17.2 Å². The Morgan fingerprint density at radius 1 is 1.10 bits per heavy atom. The Bertz CT molecular complexity index is 477. The molecule has 20 heavy (non-hydrogen) atoms. The van der Waals surface area contributed by atoms with Crippen LogP contribution < -0.4 is 25.4 Å².